The van der Waals surface area contributed by atoms with Crippen LogP contribution in [0.4, 0.5) is 10.5 Å². The third-order valence-electron chi connectivity index (χ3n) is 5.11. The molecule has 1 N–H and O–H groups in total. The molecule has 0 spiro atoms. The fourth-order valence-electron chi connectivity index (χ4n) is 3.57. The van der Waals surface area contributed by atoms with Gasteiger partial charge in [0.2, 0.25) is 5.91 Å². The number of nitrogens with zero attached hydrogens (tertiary/aromatic N) is 2. The van der Waals surface area contributed by atoms with Crippen molar-refractivity contribution in [2.75, 3.05) is 19.0 Å². The number of anilines is 1. The Morgan fingerprint density at radius 1 is 1.28 bits per heavy atom. The van der Waals surface area contributed by atoms with E-state index in [1.165, 1.54) is 4.90 Å². The molecule has 4 amide bonds. The number of rotatable bonds is 5. The van der Waals surface area contributed by atoms with Gasteiger partial charge >= 0.3 is 6.03 Å². The molecular formula is C18H21N3O4. The molecule has 1 atom stereocenters. The van der Waals surface area contributed by atoms with Crippen LogP contribution in [0.5, 0.6) is 5.75 Å². The van der Waals surface area contributed by atoms with E-state index in [0.29, 0.717) is 23.5 Å². The second-order valence-corrected chi connectivity index (χ2v) is 6.85. The topological polar surface area (TPSA) is 79.0 Å². The molecule has 132 valence electrons. The van der Waals surface area contributed by atoms with Gasteiger partial charge in [-0.1, -0.05) is 0 Å². The Kier molecular flexibility index (Phi) is 3.86. The second kappa shape index (κ2) is 6.06. The maximum absolute atomic E-state index is 12.5. The second-order valence-electron chi connectivity index (χ2n) is 6.85. The third-order valence-corrected chi connectivity index (χ3v) is 5.11. The first-order valence-corrected chi connectivity index (χ1v) is 8.68. The van der Waals surface area contributed by atoms with Crippen LogP contribution in [0.25, 0.3) is 0 Å². The molecule has 0 aromatic heterocycles. The number of urea groups is 1. The minimum absolute atomic E-state index is 0.0186. The number of imide groups is 1. The zero-order chi connectivity index (χ0) is 17.6. The molecule has 2 heterocycles. The highest BCUT2D eigenvalue weighted by molar-refractivity contribution is 6.04. The van der Waals surface area contributed by atoms with Crippen LogP contribution in [-0.4, -0.2) is 47.3 Å². The molecule has 4 rings (SSSR count). The molecule has 0 radical (unpaired) electrons. The first-order chi connectivity index (χ1) is 12.1. The first kappa shape index (κ1) is 15.9. The van der Waals surface area contributed by atoms with Gasteiger partial charge in [-0.3, -0.25) is 14.5 Å². The summed E-state index contributed by atoms with van der Waals surface area (Å²) in [7, 11) is 1.55. The Morgan fingerprint density at radius 2 is 2.08 bits per heavy atom. The highest BCUT2D eigenvalue weighted by Gasteiger charge is 2.47. The van der Waals surface area contributed by atoms with E-state index >= 15 is 0 Å². The average molecular weight is 343 g/mol. The number of benzene rings is 1. The molecule has 3 aliphatic rings. The Morgan fingerprint density at radius 3 is 2.76 bits per heavy atom. The summed E-state index contributed by atoms with van der Waals surface area (Å²) in [5, 5.41) is 2.89. The summed E-state index contributed by atoms with van der Waals surface area (Å²) in [6.07, 6.45) is 3.48. The fourth-order valence-corrected chi connectivity index (χ4v) is 3.57. The van der Waals surface area contributed by atoms with Crippen molar-refractivity contribution in [3.63, 3.8) is 0 Å². The van der Waals surface area contributed by atoms with Gasteiger partial charge < -0.3 is 15.0 Å². The minimum Gasteiger partial charge on any atom is -0.496 e. The molecule has 1 aliphatic carbocycles. The monoisotopic (exact) mass is 343 g/mol. The third kappa shape index (κ3) is 2.83. The molecule has 1 aromatic rings. The predicted octanol–water partition coefficient (Wildman–Crippen LogP) is 1.97. The normalized spacial score (nSPS) is 22.4. The number of nitrogens with one attached hydrogen (secondary N) is 1. The number of methoxy groups -OCH3 is 1. The molecule has 2 saturated heterocycles. The summed E-state index contributed by atoms with van der Waals surface area (Å²) in [5.74, 6) is 0.582. The Labute approximate surface area is 145 Å². The van der Waals surface area contributed by atoms with Crippen molar-refractivity contribution in [2.24, 2.45) is 5.92 Å². The van der Waals surface area contributed by atoms with E-state index < -0.39 is 0 Å². The van der Waals surface area contributed by atoms with Crippen LogP contribution >= 0.6 is 0 Å². The summed E-state index contributed by atoms with van der Waals surface area (Å²) in [6, 6.07) is 4.76. The van der Waals surface area contributed by atoms with E-state index in [0.717, 1.165) is 25.7 Å². The Balaban J connectivity index is 1.55. The van der Waals surface area contributed by atoms with E-state index in [-0.39, 0.29) is 36.3 Å². The van der Waals surface area contributed by atoms with Crippen LogP contribution in [-0.2, 0) is 16.1 Å². The molecular weight excluding hydrogens is 322 g/mol. The van der Waals surface area contributed by atoms with E-state index in [1.807, 2.05) is 0 Å². The van der Waals surface area contributed by atoms with Gasteiger partial charge in [-0.15, -0.1) is 0 Å². The lowest BCUT2D eigenvalue weighted by atomic mass is 10.1. The SMILES string of the molecule is COc1ccc(NC(=O)C2CC2)cc1CN1C(=O)C2CCCN2C1=O. The minimum atomic E-state index is -0.309. The van der Waals surface area contributed by atoms with E-state index in [4.69, 9.17) is 4.74 Å². The summed E-state index contributed by atoms with van der Waals surface area (Å²) in [4.78, 5) is 39.9. The first-order valence-electron chi connectivity index (χ1n) is 8.68. The molecule has 7 heteroatoms. The van der Waals surface area contributed by atoms with E-state index in [1.54, 1.807) is 30.2 Å². The maximum Gasteiger partial charge on any atom is 0.327 e. The molecule has 3 fully saturated rings. The van der Waals surface area contributed by atoms with Crippen LogP contribution in [0, 0.1) is 5.92 Å². The van der Waals surface area contributed by atoms with Crippen LogP contribution in [0.1, 0.15) is 31.2 Å². The maximum atomic E-state index is 12.5. The zero-order valence-electron chi connectivity index (χ0n) is 14.2. The summed E-state index contributed by atoms with van der Waals surface area (Å²) >= 11 is 0. The number of hydrogen-bond acceptors (Lipinski definition) is 4. The predicted molar refractivity (Wildman–Crippen MR) is 90.0 cm³/mol. The number of carbonyl (C=O) groups excluding carboxylic acids is 3. The van der Waals surface area contributed by atoms with Crippen LogP contribution < -0.4 is 10.1 Å². The Bertz CT molecular complexity index is 722. The number of hydrogen-bond donors (Lipinski definition) is 1. The van der Waals surface area contributed by atoms with Crippen molar-refractivity contribution >= 4 is 23.5 Å². The number of amides is 4. The molecule has 1 saturated carbocycles. The van der Waals surface area contributed by atoms with Crippen LogP contribution in [0.15, 0.2) is 18.2 Å². The van der Waals surface area contributed by atoms with E-state index in [9.17, 15) is 14.4 Å². The smallest absolute Gasteiger partial charge is 0.327 e. The van der Waals surface area contributed by atoms with Crippen molar-refractivity contribution in [2.45, 2.75) is 38.3 Å². The van der Waals surface area contributed by atoms with Gasteiger partial charge in [0.15, 0.2) is 0 Å². The molecule has 1 aromatic carbocycles. The number of carbonyl (C=O) groups is 3. The van der Waals surface area contributed by atoms with Crippen LogP contribution in [0.3, 0.4) is 0 Å². The van der Waals surface area contributed by atoms with Crippen molar-refractivity contribution in [1.29, 1.82) is 0 Å². The van der Waals surface area contributed by atoms with Gasteiger partial charge in [0.05, 0.1) is 13.7 Å². The number of fused-ring (bicyclic) bond motifs is 1. The summed E-state index contributed by atoms with van der Waals surface area (Å²) in [5.41, 5.74) is 1.37. The van der Waals surface area contributed by atoms with Gasteiger partial charge in [-0.2, -0.15) is 0 Å². The molecule has 0 bridgehead atoms. The lowest BCUT2D eigenvalue weighted by molar-refractivity contribution is -0.128. The van der Waals surface area contributed by atoms with Gasteiger partial charge in [-0.05, 0) is 43.9 Å². The van der Waals surface area contributed by atoms with Crippen molar-refractivity contribution < 1.29 is 19.1 Å². The largest absolute Gasteiger partial charge is 0.496 e. The summed E-state index contributed by atoms with van der Waals surface area (Å²) in [6.45, 7) is 0.793. The highest BCUT2D eigenvalue weighted by atomic mass is 16.5. The number of ether oxygens (including phenoxy) is 1. The Hall–Kier alpha value is -2.57. The lowest BCUT2D eigenvalue weighted by Crippen LogP contribution is -2.32. The van der Waals surface area contributed by atoms with Gasteiger partial charge in [0.25, 0.3) is 5.91 Å². The average Bonchev–Trinajstić information content (AvgIpc) is 3.31. The van der Waals surface area contributed by atoms with Gasteiger partial charge in [0, 0.05) is 23.7 Å². The van der Waals surface area contributed by atoms with E-state index in [2.05, 4.69) is 5.32 Å². The molecule has 1 unspecified atom stereocenters. The summed E-state index contributed by atoms with van der Waals surface area (Å²) < 4.78 is 5.36. The fraction of sp³-hybridized carbons (Fsp3) is 0.500. The van der Waals surface area contributed by atoms with Gasteiger partial charge in [0.1, 0.15) is 11.8 Å². The van der Waals surface area contributed by atoms with Crippen molar-refractivity contribution in [3.8, 4) is 5.75 Å². The van der Waals surface area contributed by atoms with Crippen molar-refractivity contribution in [1.82, 2.24) is 9.80 Å². The molecule has 25 heavy (non-hydrogen) atoms. The standard InChI is InChI=1S/C18H21N3O4/c1-25-15-7-6-13(19-16(22)11-4-5-11)9-12(15)10-21-17(23)14-3-2-8-20(14)18(21)24/h6-7,9,11,14H,2-5,8,10H2,1H3,(H,19,22). The van der Waals surface area contributed by atoms with Crippen molar-refractivity contribution in [3.05, 3.63) is 23.8 Å². The quantitative estimate of drug-likeness (QED) is 0.829. The van der Waals surface area contributed by atoms with Gasteiger partial charge in [-0.25, -0.2) is 4.79 Å². The molecule has 7 nitrogen and oxygen atoms in total. The zero-order valence-corrected chi connectivity index (χ0v) is 14.2. The highest BCUT2D eigenvalue weighted by Crippen LogP contribution is 2.33. The van der Waals surface area contributed by atoms with Crippen LogP contribution in [0.2, 0.25) is 0 Å². The lowest BCUT2D eigenvalue weighted by Gasteiger charge is -2.18. The molecule has 2 aliphatic heterocycles.